The second-order valence-electron chi connectivity index (χ2n) is 17.4. The van der Waals surface area contributed by atoms with E-state index >= 15 is 0 Å². The molecule has 15 rings (SSSR count). The molecule has 0 N–H and O–H groups in total. The topological polar surface area (TPSA) is 3.24 Å². The molecule has 0 aliphatic heterocycles. The highest BCUT2D eigenvalue weighted by molar-refractivity contribution is 6.08. The quantitative estimate of drug-likeness (QED) is 0.154. The lowest BCUT2D eigenvalue weighted by Gasteiger charge is -2.36. The van der Waals surface area contributed by atoms with Crippen LogP contribution >= 0.6 is 0 Å². The zero-order valence-corrected chi connectivity index (χ0v) is 37.6. The van der Waals surface area contributed by atoms with E-state index in [0.717, 1.165) is 10.5 Å². The third-order valence-corrected chi connectivity index (χ3v) is 14.0. The number of fused-ring (bicyclic) bond motifs is 14. The second kappa shape index (κ2) is 16.1. The molecule has 0 fully saturated rings. The minimum Gasteiger partial charge on any atom is -0.309 e. The van der Waals surface area contributed by atoms with Crippen molar-refractivity contribution in [1.29, 1.82) is 0 Å². The van der Waals surface area contributed by atoms with Crippen molar-refractivity contribution >= 4 is 27.8 Å². The van der Waals surface area contributed by atoms with Crippen molar-refractivity contribution < 1.29 is 43.9 Å². The molecule has 12 aromatic carbocycles. The fourth-order valence-electron chi connectivity index (χ4n) is 11.1. The van der Waals surface area contributed by atoms with Crippen molar-refractivity contribution in [2.75, 3.05) is 4.90 Å². The highest BCUT2D eigenvalue weighted by Crippen LogP contribution is 2.65. The molecule has 0 aromatic heterocycles. The lowest BCUT2D eigenvalue weighted by atomic mass is 9.67. The highest BCUT2D eigenvalue weighted by atomic mass is 15.1. The highest BCUT2D eigenvalue weighted by Gasteiger charge is 2.53. The standard InChI is InChI=1S/C72H47N/c1-4-21-48(22-5-1)49-39-41-51(42-40-49)69-55-28-11-10-23-50(55)43-46-68(69)73(54-44-45-59-58-31-12-16-33-61(58)71(66(59)47-54,52-24-6-2-7-25-52)53-26-8-3-9-27-53)67-38-20-37-65-70(67)60-32-15-19-36-64(60)72(65)62-34-17-13-29-56(62)57-30-14-18-35-63(57)72/h1-47H/i2D,3D,6D,7D,8D,9D,12D,13D,14D,15D,16D,17D,18D,19D,20D,24D,25D,26D,27D,29D,30D,31D,32D,33D,34D,35D,36D,37D,38D,44D,45D,47D. The molecule has 0 radical (unpaired) electrons. The normalized spacial score (nSPS) is 19.8. The number of anilines is 3. The van der Waals surface area contributed by atoms with E-state index in [4.69, 9.17) is 5.48 Å². The Balaban J connectivity index is 1.25. The van der Waals surface area contributed by atoms with Crippen LogP contribution in [-0.2, 0) is 10.8 Å². The molecule has 0 unspecified atom stereocenters. The van der Waals surface area contributed by atoms with Gasteiger partial charge in [0.1, 0.15) is 0 Å². The van der Waals surface area contributed by atoms with Gasteiger partial charge in [-0.15, -0.1) is 0 Å². The van der Waals surface area contributed by atoms with Gasteiger partial charge in [-0.2, -0.15) is 0 Å². The van der Waals surface area contributed by atoms with E-state index in [-0.39, 0.29) is 16.8 Å². The number of benzene rings is 12. The minimum absolute atomic E-state index is 0.0845. The summed E-state index contributed by atoms with van der Waals surface area (Å²) in [6.45, 7) is 0. The molecule has 3 aliphatic rings. The van der Waals surface area contributed by atoms with Crippen LogP contribution in [0.5, 0.6) is 0 Å². The summed E-state index contributed by atoms with van der Waals surface area (Å²) in [5.74, 6) is 0. The van der Waals surface area contributed by atoms with E-state index in [1.165, 1.54) is 12.1 Å². The molecular weight excluding hydrogens is 879 g/mol. The van der Waals surface area contributed by atoms with Gasteiger partial charge in [0, 0.05) is 16.8 Å². The van der Waals surface area contributed by atoms with Gasteiger partial charge in [0.15, 0.2) is 0 Å². The monoisotopic (exact) mass is 958 g/mol. The number of nitrogens with zero attached hydrogens (tertiary/aromatic N) is 1. The summed E-state index contributed by atoms with van der Waals surface area (Å²) in [5.41, 5.74) is -18.2. The Bertz CT molecular complexity index is 5870. The van der Waals surface area contributed by atoms with Gasteiger partial charge in [-0.05, 0) is 124 Å². The molecule has 12 aromatic rings. The molecule has 0 heterocycles. The van der Waals surface area contributed by atoms with Crippen molar-refractivity contribution in [3.8, 4) is 55.6 Å². The van der Waals surface area contributed by atoms with Gasteiger partial charge < -0.3 is 4.90 Å². The number of hydrogen-bond donors (Lipinski definition) is 0. The molecule has 340 valence electrons. The third-order valence-electron chi connectivity index (χ3n) is 14.0. The summed E-state index contributed by atoms with van der Waals surface area (Å²) in [6.07, 6.45) is 0. The van der Waals surface area contributed by atoms with E-state index in [0.29, 0.717) is 16.3 Å². The Labute approximate surface area is 471 Å². The molecule has 73 heavy (non-hydrogen) atoms. The summed E-state index contributed by atoms with van der Waals surface area (Å²) >= 11 is 0. The fourth-order valence-corrected chi connectivity index (χ4v) is 11.1. The van der Waals surface area contributed by atoms with Crippen LogP contribution in [0.1, 0.15) is 88.4 Å². The molecule has 0 bridgehead atoms. The van der Waals surface area contributed by atoms with Crippen molar-refractivity contribution in [1.82, 2.24) is 0 Å². The maximum atomic E-state index is 11.4. The van der Waals surface area contributed by atoms with Crippen LogP contribution in [0.4, 0.5) is 17.1 Å². The first kappa shape index (κ1) is 20.8. The SMILES string of the molecule is [2H]c1c([2H])c([2H])c(C2(c3c([2H])c([2H])c([2H])c([2H])c3[2H])c3c([2H])c([2H])c([2H])c([2H])c3-c3c([2H])c([2H])c(N(c4ccc5ccccc5c4-c4ccc(-c5ccccc5)cc4)c4c([2H])c([2H])c([2H])c5c4-c4c([2H])c([2H])c([2H])c([2H])c4C54c5c([2H])c([2H])c([2H])c([2H])c5-c5c([2H])c([2H])c([2H])c([2H])c54)c([2H])c32)c([2H])c1[2H]. The summed E-state index contributed by atoms with van der Waals surface area (Å²) in [7, 11) is 0. The van der Waals surface area contributed by atoms with Crippen molar-refractivity contribution in [3.05, 3.63) is 329 Å². The largest absolute Gasteiger partial charge is 0.309 e. The predicted molar refractivity (Wildman–Crippen MR) is 303 cm³/mol. The Morgan fingerprint density at radius 2 is 0.795 bits per heavy atom. The summed E-state index contributed by atoms with van der Waals surface area (Å²) in [6, 6.07) is -9.15. The Hall–Kier alpha value is -9.30. The van der Waals surface area contributed by atoms with Crippen LogP contribution < -0.4 is 4.90 Å². The van der Waals surface area contributed by atoms with Crippen LogP contribution in [0.2, 0.25) is 0 Å². The van der Waals surface area contributed by atoms with E-state index in [9.17, 15) is 38.4 Å². The first-order valence-electron chi connectivity index (χ1n) is 38.9. The van der Waals surface area contributed by atoms with Gasteiger partial charge in [0.05, 0.1) is 66.1 Å². The van der Waals surface area contributed by atoms with E-state index in [1.54, 1.807) is 48.5 Å². The number of hydrogen-bond acceptors (Lipinski definition) is 1. The van der Waals surface area contributed by atoms with Gasteiger partial charge in [0.2, 0.25) is 0 Å². The average molecular weight is 958 g/mol. The van der Waals surface area contributed by atoms with E-state index in [2.05, 4.69) is 0 Å². The van der Waals surface area contributed by atoms with Gasteiger partial charge in [-0.1, -0.05) is 260 Å². The smallest absolute Gasteiger partial charge is 0.0726 e. The minimum atomic E-state index is -3.43. The van der Waals surface area contributed by atoms with Crippen molar-refractivity contribution in [3.63, 3.8) is 0 Å². The van der Waals surface area contributed by atoms with Gasteiger partial charge in [0.25, 0.3) is 0 Å². The van der Waals surface area contributed by atoms with Crippen LogP contribution in [0.15, 0.2) is 284 Å². The summed E-state index contributed by atoms with van der Waals surface area (Å²) in [5, 5.41) is 0.785. The third kappa shape index (κ3) is 5.79. The molecule has 0 saturated heterocycles. The Kier molecular flexibility index (Phi) is 4.59. The zero-order chi connectivity index (χ0) is 75.9. The van der Waals surface area contributed by atoms with Gasteiger partial charge in [-0.3, -0.25) is 0 Å². The van der Waals surface area contributed by atoms with E-state index < -0.39 is 293 Å². The average Bonchev–Trinajstić information content (AvgIpc) is 1.48. The first-order chi connectivity index (χ1) is 49.5. The molecule has 0 atom stereocenters. The first-order valence-corrected chi connectivity index (χ1v) is 22.9. The molecule has 1 heteroatoms. The molecular formula is C72H47N. The zero-order valence-electron chi connectivity index (χ0n) is 69.6. The lowest BCUT2D eigenvalue weighted by Crippen LogP contribution is -2.28. The maximum absolute atomic E-state index is 11.4. The fraction of sp³-hybridized carbons (Fsp3) is 0.0278. The summed E-state index contributed by atoms with van der Waals surface area (Å²) in [4.78, 5) is 0.933. The Morgan fingerprint density at radius 1 is 0.301 bits per heavy atom. The molecule has 0 saturated carbocycles. The van der Waals surface area contributed by atoms with Crippen LogP contribution in [0.25, 0.3) is 66.4 Å². The van der Waals surface area contributed by atoms with Gasteiger partial charge >= 0.3 is 0 Å². The van der Waals surface area contributed by atoms with Gasteiger partial charge in [-0.25, -0.2) is 0 Å². The van der Waals surface area contributed by atoms with Crippen LogP contribution in [0.3, 0.4) is 0 Å². The summed E-state index contributed by atoms with van der Waals surface area (Å²) < 4.78 is 312. The predicted octanol–water partition coefficient (Wildman–Crippen LogP) is 18.4. The maximum Gasteiger partial charge on any atom is 0.0726 e. The van der Waals surface area contributed by atoms with Crippen molar-refractivity contribution in [2.24, 2.45) is 0 Å². The Morgan fingerprint density at radius 3 is 1.44 bits per heavy atom. The van der Waals surface area contributed by atoms with Crippen LogP contribution in [0, 0.1) is 0 Å². The molecule has 0 amide bonds. The molecule has 3 aliphatic carbocycles. The molecule has 1 spiro atoms. The second-order valence-corrected chi connectivity index (χ2v) is 17.4. The number of rotatable bonds is 7. The van der Waals surface area contributed by atoms with Crippen LogP contribution in [-0.4, -0.2) is 0 Å². The van der Waals surface area contributed by atoms with E-state index in [1.807, 2.05) is 30.3 Å². The lowest BCUT2D eigenvalue weighted by molar-refractivity contribution is 0.768. The van der Waals surface area contributed by atoms with Crippen molar-refractivity contribution in [2.45, 2.75) is 10.8 Å². The molecule has 1 nitrogen and oxygen atoms in total.